The van der Waals surface area contributed by atoms with E-state index in [2.05, 4.69) is 0 Å². The lowest BCUT2D eigenvalue weighted by Crippen LogP contribution is -2.47. The van der Waals surface area contributed by atoms with Crippen LogP contribution in [0.4, 0.5) is 4.39 Å². The number of hydrogen-bond acceptors (Lipinski definition) is 4. The fourth-order valence-electron chi connectivity index (χ4n) is 3.64. The lowest BCUT2D eigenvalue weighted by atomic mass is 10.1. The average molecular weight is 422 g/mol. The number of hydrogen-bond donors (Lipinski definition) is 0. The third kappa shape index (κ3) is 4.67. The van der Waals surface area contributed by atoms with Crippen LogP contribution >= 0.6 is 0 Å². The van der Waals surface area contributed by atoms with Crippen LogP contribution in [0.1, 0.15) is 27.6 Å². The summed E-state index contributed by atoms with van der Waals surface area (Å²) >= 11 is 0. The molecule has 160 valence electrons. The number of Topliss-reactive ketones (excluding diaryl/α,β-unsaturated/α-hetero) is 1. The van der Waals surface area contributed by atoms with E-state index in [9.17, 15) is 14.0 Å². The first-order valence-corrected chi connectivity index (χ1v) is 10.1. The quantitative estimate of drug-likeness (QED) is 0.568. The van der Waals surface area contributed by atoms with Crippen LogP contribution in [0.5, 0.6) is 5.75 Å². The average Bonchev–Trinajstić information content (AvgIpc) is 3.33. The minimum atomic E-state index is -0.496. The first-order valence-electron chi connectivity index (χ1n) is 10.1. The zero-order valence-corrected chi connectivity index (χ0v) is 17.2. The summed E-state index contributed by atoms with van der Waals surface area (Å²) in [6.07, 6.45) is 3.44. The molecule has 0 aliphatic carbocycles. The molecule has 1 atom stereocenters. The second-order valence-corrected chi connectivity index (χ2v) is 7.36. The Morgan fingerprint density at radius 1 is 1.10 bits per heavy atom. The molecule has 1 fully saturated rings. The number of ketones is 1. The van der Waals surface area contributed by atoms with Crippen LogP contribution in [0.3, 0.4) is 0 Å². The number of carbonyl (C=O) groups excluding carboxylic acids is 2. The van der Waals surface area contributed by atoms with Gasteiger partial charge in [-0.3, -0.25) is 9.59 Å². The molecule has 0 saturated carbocycles. The molecule has 7 heteroatoms. The number of para-hydroxylation sites is 1. The van der Waals surface area contributed by atoms with Gasteiger partial charge in [0.2, 0.25) is 0 Å². The molecule has 1 aliphatic heterocycles. The minimum Gasteiger partial charge on any atom is -0.490 e. The predicted octanol–water partition coefficient (Wildman–Crippen LogP) is 3.74. The van der Waals surface area contributed by atoms with Crippen molar-refractivity contribution < 1.29 is 23.5 Å². The number of benzene rings is 2. The van der Waals surface area contributed by atoms with Gasteiger partial charge in [-0.15, -0.1) is 0 Å². The maximum atomic E-state index is 13.5. The molecule has 0 spiro atoms. The molecular weight excluding hydrogens is 399 g/mol. The fourth-order valence-corrected chi connectivity index (χ4v) is 3.64. The number of amides is 1. The topological polar surface area (TPSA) is 60.8 Å². The zero-order valence-electron chi connectivity index (χ0n) is 17.2. The number of nitrogens with zero attached hydrogens (tertiary/aromatic N) is 2. The summed E-state index contributed by atoms with van der Waals surface area (Å²) in [6, 6.07) is 15.1. The Balaban J connectivity index is 1.45. The van der Waals surface area contributed by atoms with Crippen LogP contribution in [0.25, 0.3) is 5.69 Å². The first kappa shape index (κ1) is 20.8. The lowest BCUT2D eigenvalue weighted by molar-refractivity contribution is -0.0401. The van der Waals surface area contributed by atoms with E-state index in [-0.39, 0.29) is 30.0 Å². The number of ether oxygens (including phenoxy) is 2. The van der Waals surface area contributed by atoms with Gasteiger partial charge in [-0.1, -0.05) is 12.1 Å². The summed E-state index contributed by atoms with van der Waals surface area (Å²) in [5, 5.41) is 0. The van der Waals surface area contributed by atoms with Gasteiger partial charge in [-0.25, -0.2) is 4.39 Å². The van der Waals surface area contributed by atoms with E-state index in [1.54, 1.807) is 4.90 Å². The second-order valence-electron chi connectivity index (χ2n) is 7.36. The first-order chi connectivity index (χ1) is 15.0. The maximum absolute atomic E-state index is 13.5. The molecule has 3 aromatic rings. The Morgan fingerprint density at radius 2 is 1.87 bits per heavy atom. The van der Waals surface area contributed by atoms with Crippen molar-refractivity contribution in [3.8, 4) is 11.4 Å². The normalized spacial score (nSPS) is 16.2. The zero-order chi connectivity index (χ0) is 21.8. The number of halogens is 1. The number of morpholine rings is 1. The van der Waals surface area contributed by atoms with E-state index in [1.807, 2.05) is 53.4 Å². The van der Waals surface area contributed by atoms with Gasteiger partial charge in [-0.2, -0.15) is 0 Å². The van der Waals surface area contributed by atoms with Gasteiger partial charge in [0.25, 0.3) is 5.91 Å². The van der Waals surface area contributed by atoms with Gasteiger partial charge >= 0.3 is 0 Å². The van der Waals surface area contributed by atoms with Crippen molar-refractivity contribution in [1.29, 1.82) is 0 Å². The largest absolute Gasteiger partial charge is 0.490 e. The van der Waals surface area contributed by atoms with Crippen LogP contribution < -0.4 is 4.74 Å². The van der Waals surface area contributed by atoms with Gasteiger partial charge in [0, 0.05) is 18.9 Å². The highest BCUT2D eigenvalue weighted by Gasteiger charge is 2.27. The highest BCUT2D eigenvalue weighted by Crippen LogP contribution is 2.22. The van der Waals surface area contributed by atoms with Crippen molar-refractivity contribution in [3.05, 3.63) is 83.9 Å². The van der Waals surface area contributed by atoms with Crippen LogP contribution in [-0.4, -0.2) is 53.6 Å². The predicted molar refractivity (Wildman–Crippen MR) is 113 cm³/mol. The van der Waals surface area contributed by atoms with Crippen molar-refractivity contribution >= 4 is 11.7 Å². The summed E-state index contributed by atoms with van der Waals surface area (Å²) in [6.45, 7) is 2.73. The van der Waals surface area contributed by atoms with Crippen LogP contribution in [0.15, 0.2) is 67.0 Å². The van der Waals surface area contributed by atoms with Crippen molar-refractivity contribution in [3.63, 3.8) is 0 Å². The Bertz CT molecular complexity index is 1080. The summed E-state index contributed by atoms with van der Waals surface area (Å²) in [5.74, 6) is -0.551. The molecule has 1 amide bonds. The SMILES string of the molecule is CC(=O)c1cc(F)ccc1OCC1CN(C(=O)c2ccccc2-n2cccc2)CCO1. The van der Waals surface area contributed by atoms with E-state index in [4.69, 9.17) is 9.47 Å². The summed E-state index contributed by atoms with van der Waals surface area (Å²) in [5.41, 5.74) is 1.61. The molecule has 1 unspecified atom stereocenters. The Kier molecular flexibility index (Phi) is 6.13. The van der Waals surface area contributed by atoms with E-state index >= 15 is 0 Å². The molecule has 1 saturated heterocycles. The number of aromatic nitrogens is 1. The maximum Gasteiger partial charge on any atom is 0.256 e. The molecule has 2 aromatic carbocycles. The Labute approximate surface area is 179 Å². The molecule has 2 heterocycles. The molecule has 0 radical (unpaired) electrons. The third-order valence-corrected chi connectivity index (χ3v) is 5.19. The van der Waals surface area contributed by atoms with Gasteiger partial charge < -0.3 is 18.9 Å². The van der Waals surface area contributed by atoms with Gasteiger partial charge in [0.05, 0.1) is 30.0 Å². The standard InChI is InChI=1S/C24H23FN2O4/c1-17(28)21-14-18(25)8-9-23(21)31-16-19-15-27(12-13-30-19)24(29)20-6-2-3-7-22(20)26-10-4-5-11-26/h2-11,14,19H,12-13,15-16H2,1H3. The Morgan fingerprint density at radius 3 is 2.65 bits per heavy atom. The van der Waals surface area contributed by atoms with Crippen molar-refractivity contribution in [2.75, 3.05) is 26.3 Å². The van der Waals surface area contributed by atoms with E-state index in [1.165, 1.54) is 19.1 Å². The minimum absolute atomic E-state index is 0.0798. The molecular formula is C24H23FN2O4. The van der Waals surface area contributed by atoms with Crippen LogP contribution in [-0.2, 0) is 4.74 Å². The summed E-state index contributed by atoms with van der Waals surface area (Å²) in [7, 11) is 0. The fraction of sp³-hybridized carbons (Fsp3) is 0.250. The molecule has 4 rings (SSSR count). The lowest BCUT2D eigenvalue weighted by Gasteiger charge is -2.33. The molecule has 0 N–H and O–H groups in total. The van der Waals surface area contributed by atoms with Crippen molar-refractivity contribution in [2.24, 2.45) is 0 Å². The third-order valence-electron chi connectivity index (χ3n) is 5.19. The monoisotopic (exact) mass is 422 g/mol. The molecule has 0 bridgehead atoms. The van der Waals surface area contributed by atoms with E-state index in [0.29, 0.717) is 31.0 Å². The smallest absolute Gasteiger partial charge is 0.256 e. The molecule has 31 heavy (non-hydrogen) atoms. The number of rotatable bonds is 6. The number of carbonyl (C=O) groups is 2. The molecule has 1 aliphatic rings. The van der Waals surface area contributed by atoms with Crippen LogP contribution in [0.2, 0.25) is 0 Å². The summed E-state index contributed by atoms with van der Waals surface area (Å²) < 4.78 is 26.9. The molecule has 1 aromatic heterocycles. The van der Waals surface area contributed by atoms with Gasteiger partial charge in [-0.05, 0) is 49.4 Å². The highest BCUT2D eigenvalue weighted by atomic mass is 19.1. The van der Waals surface area contributed by atoms with Crippen molar-refractivity contribution in [1.82, 2.24) is 9.47 Å². The summed E-state index contributed by atoms with van der Waals surface area (Å²) in [4.78, 5) is 26.8. The van der Waals surface area contributed by atoms with E-state index < -0.39 is 5.82 Å². The second kappa shape index (κ2) is 9.14. The molecule has 6 nitrogen and oxygen atoms in total. The van der Waals surface area contributed by atoms with Crippen LogP contribution in [0, 0.1) is 5.82 Å². The highest BCUT2D eigenvalue weighted by molar-refractivity contribution is 5.98. The van der Waals surface area contributed by atoms with Gasteiger partial charge in [0.1, 0.15) is 24.3 Å². The Hall–Kier alpha value is -3.45. The van der Waals surface area contributed by atoms with Crippen molar-refractivity contribution in [2.45, 2.75) is 13.0 Å². The van der Waals surface area contributed by atoms with E-state index in [0.717, 1.165) is 11.8 Å². The van der Waals surface area contributed by atoms with Gasteiger partial charge in [0.15, 0.2) is 5.78 Å².